The molecule has 2 amide bonds. The lowest BCUT2D eigenvalue weighted by Gasteiger charge is -2.22. The highest BCUT2D eigenvalue weighted by molar-refractivity contribution is 5.88. The standard InChI is InChI=1S/C17H23N3O2/c21-16(20-13-4-2-1-3-5-13)11-19-17(22)15-10-14(15)12-6-8-18-9-7-12/h6-9,13-15H,1-5,10-11H2,(H,19,22)(H,20,21)/t14-,15+/m1/s1. The van der Waals surface area contributed by atoms with Gasteiger partial charge in [-0.05, 0) is 42.9 Å². The molecule has 5 nitrogen and oxygen atoms in total. The highest BCUT2D eigenvalue weighted by atomic mass is 16.2. The van der Waals surface area contributed by atoms with E-state index in [1.54, 1.807) is 12.4 Å². The van der Waals surface area contributed by atoms with Gasteiger partial charge in [-0.15, -0.1) is 0 Å². The van der Waals surface area contributed by atoms with Crippen molar-refractivity contribution in [3.63, 3.8) is 0 Å². The Balaban J connectivity index is 1.39. The largest absolute Gasteiger partial charge is 0.352 e. The zero-order valence-corrected chi connectivity index (χ0v) is 12.8. The molecular weight excluding hydrogens is 278 g/mol. The highest BCUT2D eigenvalue weighted by Crippen LogP contribution is 2.47. The van der Waals surface area contributed by atoms with Crippen molar-refractivity contribution in [3.8, 4) is 0 Å². The number of carbonyl (C=O) groups excluding carboxylic acids is 2. The van der Waals surface area contributed by atoms with Crippen LogP contribution in [0.5, 0.6) is 0 Å². The van der Waals surface area contributed by atoms with Crippen molar-refractivity contribution >= 4 is 11.8 Å². The molecule has 2 aliphatic rings. The van der Waals surface area contributed by atoms with E-state index in [9.17, 15) is 9.59 Å². The van der Waals surface area contributed by atoms with Crippen LogP contribution in [0.1, 0.15) is 50.0 Å². The van der Waals surface area contributed by atoms with E-state index in [0.717, 1.165) is 24.8 Å². The lowest BCUT2D eigenvalue weighted by atomic mass is 9.95. The first-order valence-corrected chi connectivity index (χ1v) is 8.21. The average molecular weight is 301 g/mol. The molecule has 1 aromatic heterocycles. The first-order chi connectivity index (χ1) is 10.7. The zero-order chi connectivity index (χ0) is 15.4. The van der Waals surface area contributed by atoms with Crippen LogP contribution < -0.4 is 10.6 Å². The van der Waals surface area contributed by atoms with Gasteiger partial charge in [0.25, 0.3) is 0 Å². The number of nitrogens with zero attached hydrogens (tertiary/aromatic N) is 1. The normalized spacial score (nSPS) is 24.5. The topological polar surface area (TPSA) is 71.1 Å². The van der Waals surface area contributed by atoms with Crippen LogP contribution in [0.3, 0.4) is 0 Å². The molecule has 2 fully saturated rings. The van der Waals surface area contributed by atoms with Crippen LogP contribution in [-0.4, -0.2) is 29.4 Å². The summed E-state index contributed by atoms with van der Waals surface area (Å²) in [6.45, 7) is 0.0922. The third kappa shape index (κ3) is 3.84. The number of amides is 2. The summed E-state index contributed by atoms with van der Waals surface area (Å²) in [5.41, 5.74) is 1.15. The first-order valence-electron chi connectivity index (χ1n) is 8.21. The minimum absolute atomic E-state index is 0.00452. The Kier molecular flexibility index (Phi) is 4.71. The Hall–Kier alpha value is -1.91. The molecule has 0 unspecified atom stereocenters. The fraction of sp³-hybridized carbons (Fsp3) is 0.588. The molecule has 2 aliphatic carbocycles. The van der Waals surface area contributed by atoms with Gasteiger partial charge in [0.1, 0.15) is 0 Å². The molecular formula is C17H23N3O2. The summed E-state index contributed by atoms with van der Waals surface area (Å²) in [5, 5.41) is 5.78. The summed E-state index contributed by atoms with van der Waals surface area (Å²) < 4.78 is 0. The molecule has 2 saturated carbocycles. The zero-order valence-electron chi connectivity index (χ0n) is 12.8. The van der Waals surface area contributed by atoms with Gasteiger partial charge in [-0.2, -0.15) is 0 Å². The van der Waals surface area contributed by atoms with Crippen LogP contribution in [0.15, 0.2) is 24.5 Å². The molecule has 5 heteroatoms. The smallest absolute Gasteiger partial charge is 0.239 e. The summed E-state index contributed by atoms with van der Waals surface area (Å²) >= 11 is 0. The van der Waals surface area contributed by atoms with E-state index in [-0.39, 0.29) is 30.2 Å². The predicted octanol–water partition coefficient (Wildman–Crippen LogP) is 1.75. The number of hydrogen-bond acceptors (Lipinski definition) is 3. The summed E-state index contributed by atoms with van der Waals surface area (Å²) in [4.78, 5) is 27.9. The fourth-order valence-corrected chi connectivity index (χ4v) is 3.29. The van der Waals surface area contributed by atoms with E-state index in [1.807, 2.05) is 12.1 Å². The van der Waals surface area contributed by atoms with E-state index in [1.165, 1.54) is 19.3 Å². The molecule has 0 spiro atoms. The molecule has 0 bridgehead atoms. The van der Waals surface area contributed by atoms with Gasteiger partial charge < -0.3 is 10.6 Å². The summed E-state index contributed by atoms with van der Waals surface area (Å²) in [6, 6.07) is 4.20. The van der Waals surface area contributed by atoms with Crippen molar-refractivity contribution in [1.29, 1.82) is 0 Å². The molecule has 118 valence electrons. The lowest BCUT2D eigenvalue weighted by molar-refractivity contribution is -0.127. The Morgan fingerprint density at radius 1 is 1.14 bits per heavy atom. The maximum absolute atomic E-state index is 12.1. The second-order valence-corrected chi connectivity index (χ2v) is 6.35. The highest BCUT2D eigenvalue weighted by Gasteiger charge is 2.43. The number of nitrogens with one attached hydrogen (secondary N) is 2. The molecule has 3 rings (SSSR count). The first kappa shape index (κ1) is 15.0. The van der Waals surface area contributed by atoms with Crippen LogP contribution in [0, 0.1) is 5.92 Å². The van der Waals surface area contributed by atoms with Crippen LogP contribution in [-0.2, 0) is 9.59 Å². The maximum atomic E-state index is 12.1. The Morgan fingerprint density at radius 2 is 1.86 bits per heavy atom. The third-order valence-corrected chi connectivity index (χ3v) is 4.65. The maximum Gasteiger partial charge on any atom is 0.239 e. The third-order valence-electron chi connectivity index (χ3n) is 4.65. The summed E-state index contributed by atoms with van der Waals surface area (Å²) in [6.07, 6.45) is 10.1. The van der Waals surface area contributed by atoms with Gasteiger partial charge in [0.15, 0.2) is 0 Å². The molecule has 0 aliphatic heterocycles. The van der Waals surface area contributed by atoms with Crippen LogP contribution in [0.2, 0.25) is 0 Å². The Labute approximate surface area is 130 Å². The van der Waals surface area contributed by atoms with Gasteiger partial charge in [0.2, 0.25) is 11.8 Å². The van der Waals surface area contributed by atoms with Crippen molar-refractivity contribution in [2.75, 3.05) is 6.54 Å². The molecule has 1 heterocycles. The molecule has 0 radical (unpaired) electrons. The van der Waals surface area contributed by atoms with Crippen molar-refractivity contribution in [3.05, 3.63) is 30.1 Å². The van der Waals surface area contributed by atoms with Crippen LogP contribution in [0.4, 0.5) is 0 Å². The van der Waals surface area contributed by atoms with Gasteiger partial charge in [0.05, 0.1) is 6.54 Å². The van der Waals surface area contributed by atoms with Crippen molar-refractivity contribution in [2.45, 2.75) is 50.5 Å². The van der Waals surface area contributed by atoms with E-state index in [0.29, 0.717) is 6.04 Å². The molecule has 2 N–H and O–H groups in total. The molecule has 22 heavy (non-hydrogen) atoms. The SMILES string of the molecule is O=C(CNC(=O)[C@H]1C[C@@H]1c1ccncc1)NC1CCCCC1. The average Bonchev–Trinajstić information content (AvgIpc) is 3.35. The summed E-state index contributed by atoms with van der Waals surface area (Å²) in [7, 11) is 0. The number of carbonyl (C=O) groups is 2. The second-order valence-electron chi connectivity index (χ2n) is 6.35. The molecule has 0 aromatic carbocycles. The van der Waals surface area contributed by atoms with Gasteiger partial charge >= 0.3 is 0 Å². The summed E-state index contributed by atoms with van der Waals surface area (Å²) in [5.74, 6) is 0.205. The van der Waals surface area contributed by atoms with Gasteiger partial charge in [0, 0.05) is 24.4 Å². The second kappa shape index (κ2) is 6.90. The van der Waals surface area contributed by atoms with E-state index in [4.69, 9.17) is 0 Å². The predicted molar refractivity (Wildman–Crippen MR) is 83.1 cm³/mol. The van der Waals surface area contributed by atoms with Crippen molar-refractivity contribution in [1.82, 2.24) is 15.6 Å². The number of rotatable bonds is 5. The number of aromatic nitrogens is 1. The number of pyridine rings is 1. The minimum atomic E-state index is -0.0682. The van der Waals surface area contributed by atoms with Crippen LogP contribution in [0.25, 0.3) is 0 Å². The van der Waals surface area contributed by atoms with Crippen molar-refractivity contribution < 1.29 is 9.59 Å². The number of hydrogen-bond donors (Lipinski definition) is 2. The van der Waals surface area contributed by atoms with Gasteiger partial charge in [-0.3, -0.25) is 14.6 Å². The van der Waals surface area contributed by atoms with Crippen LogP contribution >= 0.6 is 0 Å². The van der Waals surface area contributed by atoms with Gasteiger partial charge in [-0.1, -0.05) is 19.3 Å². The lowest BCUT2D eigenvalue weighted by Crippen LogP contribution is -2.43. The van der Waals surface area contributed by atoms with Crippen molar-refractivity contribution in [2.24, 2.45) is 5.92 Å². The minimum Gasteiger partial charge on any atom is -0.352 e. The van der Waals surface area contributed by atoms with Gasteiger partial charge in [-0.25, -0.2) is 0 Å². The van der Waals surface area contributed by atoms with E-state index >= 15 is 0 Å². The van der Waals surface area contributed by atoms with E-state index in [2.05, 4.69) is 15.6 Å². The van der Waals surface area contributed by atoms with E-state index < -0.39 is 0 Å². The quantitative estimate of drug-likeness (QED) is 0.870. The monoisotopic (exact) mass is 301 g/mol. The fourth-order valence-electron chi connectivity index (χ4n) is 3.29. The molecule has 1 aromatic rings. The molecule has 0 saturated heterocycles. The Morgan fingerprint density at radius 3 is 2.59 bits per heavy atom. The molecule has 2 atom stereocenters. The Bertz CT molecular complexity index is 526.